The molecule has 5 heteroatoms. The van der Waals surface area contributed by atoms with E-state index in [-0.39, 0.29) is 0 Å². The van der Waals surface area contributed by atoms with Gasteiger partial charge in [0.05, 0.1) is 25.7 Å². The fraction of sp³-hybridized carbons (Fsp3) is 0.552. The molecule has 1 fully saturated rings. The van der Waals surface area contributed by atoms with E-state index in [0.717, 1.165) is 62.5 Å². The van der Waals surface area contributed by atoms with Crippen LogP contribution in [0.1, 0.15) is 50.7 Å². The fourth-order valence-electron chi connectivity index (χ4n) is 5.15. The Morgan fingerprint density at radius 2 is 1.76 bits per heavy atom. The smallest absolute Gasteiger partial charge is 0.160 e. The Hall–Kier alpha value is -2.55. The van der Waals surface area contributed by atoms with Crippen molar-refractivity contribution in [3.63, 3.8) is 0 Å². The monoisotopic (exact) mass is 463 g/mol. The number of rotatable bonds is 12. The van der Waals surface area contributed by atoms with E-state index in [1.165, 1.54) is 18.4 Å². The van der Waals surface area contributed by atoms with Crippen LogP contribution in [0.15, 0.2) is 48.5 Å². The Labute approximate surface area is 206 Å². The van der Waals surface area contributed by atoms with Crippen LogP contribution in [0.25, 0.3) is 0 Å². The highest BCUT2D eigenvalue weighted by Crippen LogP contribution is 2.36. The maximum Gasteiger partial charge on any atom is 0.160 e. The van der Waals surface area contributed by atoms with E-state index in [9.17, 15) is 5.26 Å². The number of nitriles is 1. The van der Waals surface area contributed by atoms with Gasteiger partial charge in [-0.05, 0) is 87.5 Å². The summed E-state index contributed by atoms with van der Waals surface area (Å²) >= 11 is 0. The molecule has 1 aliphatic heterocycles. The molecular weight excluding hydrogens is 422 g/mol. The van der Waals surface area contributed by atoms with Crippen molar-refractivity contribution < 1.29 is 9.47 Å². The van der Waals surface area contributed by atoms with Gasteiger partial charge < -0.3 is 19.7 Å². The van der Waals surface area contributed by atoms with E-state index >= 15 is 0 Å². The number of benzene rings is 2. The van der Waals surface area contributed by atoms with Crippen molar-refractivity contribution in [3.8, 4) is 17.6 Å². The molecule has 0 bridgehead atoms. The molecule has 1 aliphatic rings. The molecule has 34 heavy (non-hydrogen) atoms. The van der Waals surface area contributed by atoms with Crippen molar-refractivity contribution in [3.05, 3.63) is 59.7 Å². The second-order valence-electron chi connectivity index (χ2n) is 9.72. The van der Waals surface area contributed by atoms with Gasteiger partial charge in [-0.25, -0.2) is 0 Å². The van der Waals surface area contributed by atoms with E-state index < -0.39 is 5.41 Å². The fourth-order valence-corrected chi connectivity index (χ4v) is 5.15. The zero-order valence-electron chi connectivity index (χ0n) is 21.3. The van der Waals surface area contributed by atoms with E-state index in [1.807, 2.05) is 24.3 Å². The summed E-state index contributed by atoms with van der Waals surface area (Å²) in [6, 6.07) is 19.8. The van der Waals surface area contributed by atoms with Gasteiger partial charge in [0.2, 0.25) is 0 Å². The first-order chi connectivity index (χ1) is 16.5. The first kappa shape index (κ1) is 26.1. The third kappa shape index (κ3) is 6.52. The molecule has 1 unspecified atom stereocenters. The topological polar surface area (TPSA) is 57.5 Å². The Morgan fingerprint density at radius 3 is 2.38 bits per heavy atom. The number of hydrogen-bond donors (Lipinski definition) is 1. The molecule has 1 heterocycles. The Kier molecular flexibility index (Phi) is 9.80. The standard InChI is InChI=1S/C29H41N3O2/c1-23(2)29(22-30,25-9-6-5-7-10-25)16-8-18-32-19-14-26(15-20-32)31-17-13-24-11-12-27(33-3)28(21-24)34-4/h5-7,9-12,21,23,26,31H,8,13-20H2,1-4H3. The summed E-state index contributed by atoms with van der Waals surface area (Å²) in [6.45, 7) is 8.64. The predicted molar refractivity (Wildman–Crippen MR) is 139 cm³/mol. The largest absolute Gasteiger partial charge is 0.493 e. The highest BCUT2D eigenvalue weighted by Gasteiger charge is 2.35. The number of nitrogens with zero attached hydrogens (tertiary/aromatic N) is 2. The Morgan fingerprint density at radius 1 is 1.06 bits per heavy atom. The molecule has 0 radical (unpaired) electrons. The molecule has 1 saturated heterocycles. The second-order valence-corrected chi connectivity index (χ2v) is 9.72. The van der Waals surface area contributed by atoms with Crippen LogP contribution < -0.4 is 14.8 Å². The highest BCUT2D eigenvalue weighted by molar-refractivity contribution is 5.43. The summed E-state index contributed by atoms with van der Waals surface area (Å²) in [7, 11) is 3.34. The zero-order valence-corrected chi connectivity index (χ0v) is 21.3. The molecule has 184 valence electrons. The van der Waals surface area contributed by atoms with Gasteiger partial charge >= 0.3 is 0 Å². The number of likely N-dealkylation sites (tertiary alicyclic amines) is 1. The lowest BCUT2D eigenvalue weighted by Gasteiger charge is -2.35. The van der Waals surface area contributed by atoms with Crippen LogP contribution in [-0.4, -0.2) is 51.3 Å². The van der Waals surface area contributed by atoms with Crippen molar-refractivity contribution in [2.24, 2.45) is 5.92 Å². The van der Waals surface area contributed by atoms with Crippen LogP contribution in [-0.2, 0) is 11.8 Å². The molecule has 0 spiro atoms. The SMILES string of the molecule is COc1ccc(CCNC2CCN(CCCC(C#N)(c3ccccc3)C(C)C)CC2)cc1OC. The maximum absolute atomic E-state index is 10.1. The molecule has 0 aromatic heterocycles. The molecule has 2 aromatic carbocycles. The number of hydrogen-bond acceptors (Lipinski definition) is 5. The van der Waals surface area contributed by atoms with Crippen molar-refractivity contribution in [1.29, 1.82) is 5.26 Å². The van der Waals surface area contributed by atoms with Gasteiger partial charge in [-0.15, -0.1) is 0 Å². The van der Waals surface area contributed by atoms with Crippen molar-refractivity contribution in [1.82, 2.24) is 10.2 Å². The number of methoxy groups -OCH3 is 2. The Bertz CT molecular complexity index is 917. The second kappa shape index (κ2) is 12.8. The lowest BCUT2D eigenvalue weighted by Crippen LogP contribution is -2.43. The predicted octanol–water partition coefficient (Wildman–Crippen LogP) is 5.20. The summed E-state index contributed by atoms with van der Waals surface area (Å²) in [6.07, 6.45) is 5.30. The minimum absolute atomic E-state index is 0.292. The third-order valence-corrected chi connectivity index (χ3v) is 7.40. The zero-order chi connectivity index (χ0) is 24.4. The van der Waals surface area contributed by atoms with Gasteiger partial charge in [-0.2, -0.15) is 5.26 Å². The molecule has 0 aliphatic carbocycles. The van der Waals surface area contributed by atoms with Gasteiger partial charge in [0.1, 0.15) is 0 Å². The first-order valence-corrected chi connectivity index (χ1v) is 12.7. The van der Waals surface area contributed by atoms with Crippen molar-refractivity contribution >= 4 is 0 Å². The normalized spacial score (nSPS) is 16.7. The molecular formula is C29H41N3O2. The van der Waals surface area contributed by atoms with Crippen LogP contribution in [0.4, 0.5) is 0 Å². The molecule has 5 nitrogen and oxygen atoms in total. The lowest BCUT2D eigenvalue weighted by molar-refractivity contribution is 0.189. The van der Waals surface area contributed by atoms with Crippen molar-refractivity contribution in [2.75, 3.05) is 40.4 Å². The summed E-state index contributed by atoms with van der Waals surface area (Å²) in [5, 5.41) is 13.8. The van der Waals surface area contributed by atoms with Crippen LogP contribution in [0.3, 0.4) is 0 Å². The summed E-state index contributed by atoms with van der Waals surface area (Å²) in [5.74, 6) is 1.86. The molecule has 0 amide bonds. The summed E-state index contributed by atoms with van der Waals surface area (Å²) in [4.78, 5) is 2.57. The van der Waals surface area contributed by atoms with Gasteiger partial charge in [0.15, 0.2) is 11.5 Å². The minimum Gasteiger partial charge on any atom is -0.493 e. The van der Waals surface area contributed by atoms with Gasteiger partial charge in [-0.1, -0.05) is 50.2 Å². The van der Waals surface area contributed by atoms with E-state index in [1.54, 1.807) is 14.2 Å². The third-order valence-electron chi connectivity index (χ3n) is 7.40. The van der Waals surface area contributed by atoms with Crippen LogP contribution in [0, 0.1) is 17.2 Å². The number of piperidine rings is 1. The summed E-state index contributed by atoms with van der Waals surface area (Å²) in [5.41, 5.74) is 2.02. The first-order valence-electron chi connectivity index (χ1n) is 12.7. The number of nitrogens with one attached hydrogen (secondary N) is 1. The quantitative estimate of drug-likeness (QED) is 0.469. The molecule has 0 saturated carbocycles. The van der Waals surface area contributed by atoms with Gasteiger partial charge in [0.25, 0.3) is 0 Å². The number of ether oxygens (including phenoxy) is 2. The molecule has 3 rings (SSSR count). The average Bonchev–Trinajstić information content (AvgIpc) is 2.88. The van der Waals surface area contributed by atoms with Crippen LogP contribution in [0.5, 0.6) is 11.5 Å². The van der Waals surface area contributed by atoms with E-state index in [0.29, 0.717) is 12.0 Å². The van der Waals surface area contributed by atoms with Crippen LogP contribution >= 0.6 is 0 Å². The van der Waals surface area contributed by atoms with E-state index in [4.69, 9.17) is 9.47 Å². The minimum atomic E-state index is -0.398. The Balaban J connectivity index is 1.40. The van der Waals surface area contributed by atoms with Crippen molar-refractivity contribution in [2.45, 2.75) is 57.4 Å². The molecule has 1 atom stereocenters. The highest BCUT2D eigenvalue weighted by atomic mass is 16.5. The van der Waals surface area contributed by atoms with Crippen LogP contribution in [0.2, 0.25) is 0 Å². The summed E-state index contributed by atoms with van der Waals surface area (Å²) < 4.78 is 10.7. The van der Waals surface area contributed by atoms with Gasteiger partial charge in [0, 0.05) is 6.04 Å². The maximum atomic E-state index is 10.1. The average molecular weight is 464 g/mol. The molecule has 2 aromatic rings. The molecule has 1 N–H and O–H groups in total. The van der Waals surface area contributed by atoms with E-state index in [2.05, 4.69) is 54.4 Å². The van der Waals surface area contributed by atoms with Gasteiger partial charge in [-0.3, -0.25) is 0 Å². The lowest BCUT2D eigenvalue weighted by atomic mass is 9.70.